The van der Waals surface area contributed by atoms with Crippen LogP contribution in [0.25, 0.3) is 0 Å². The summed E-state index contributed by atoms with van der Waals surface area (Å²) in [4.78, 5) is 22.6. The third kappa shape index (κ3) is 9.23. The van der Waals surface area contributed by atoms with E-state index in [2.05, 4.69) is 68.4 Å². The predicted molar refractivity (Wildman–Crippen MR) is 274 cm³/mol. The maximum atomic E-state index is 11.3. The van der Waals surface area contributed by atoms with Gasteiger partial charge in [0.25, 0.3) is 0 Å². The van der Waals surface area contributed by atoms with Gasteiger partial charge in [-0.3, -0.25) is 9.59 Å². The fraction of sp³-hybridized carbons (Fsp3) is 0.867. The Morgan fingerprint density at radius 1 is 0.435 bits per heavy atom. The van der Waals surface area contributed by atoms with E-state index in [9.17, 15) is 45.3 Å². The highest BCUT2D eigenvalue weighted by molar-refractivity contribution is 5.73. The van der Waals surface area contributed by atoms with Crippen LogP contribution in [-0.4, -0.2) is 93.1 Å². The van der Waals surface area contributed by atoms with E-state index in [4.69, 9.17) is 0 Å². The smallest absolute Gasteiger partial charge is 0.145 e. The Labute approximate surface area is 417 Å². The molecular weight excluding hydrogens is 865 g/mol. The van der Waals surface area contributed by atoms with Gasteiger partial charge in [0.05, 0.1) is 44.7 Å². The van der Waals surface area contributed by atoms with Crippen molar-refractivity contribution in [3.8, 4) is 0 Å². The number of aliphatic hydroxyl groups is 7. The summed E-state index contributed by atoms with van der Waals surface area (Å²) in [6.45, 7) is 21.7. The molecule has 392 valence electrons. The van der Waals surface area contributed by atoms with E-state index < -0.39 is 34.6 Å². The summed E-state index contributed by atoms with van der Waals surface area (Å²) in [5, 5.41) is 73.3. The molecule has 0 aromatic heterocycles. The molecule has 15 atom stereocenters. The maximum Gasteiger partial charge on any atom is 0.145 e. The van der Waals surface area contributed by atoms with Gasteiger partial charge < -0.3 is 35.7 Å². The second-order valence-corrected chi connectivity index (χ2v) is 27.8. The van der Waals surface area contributed by atoms with Gasteiger partial charge in [-0.05, 0) is 187 Å². The molecule has 0 aliphatic heterocycles. The summed E-state index contributed by atoms with van der Waals surface area (Å²) in [5.74, 6) is 2.73. The topological polar surface area (TPSA) is 176 Å². The Kier molecular flexibility index (Phi) is 16.1. The van der Waals surface area contributed by atoms with Gasteiger partial charge in [-0.1, -0.05) is 99.8 Å². The Bertz CT molecular complexity index is 1840. The summed E-state index contributed by atoms with van der Waals surface area (Å²) in [6, 6.07) is 0. The fourth-order valence-electron chi connectivity index (χ4n) is 19.9. The Morgan fingerprint density at radius 3 is 1.03 bits per heavy atom. The second kappa shape index (κ2) is 20.2. The molecule has 9 aliphatic rings. The average molecular weight is 963 g/mol. The first-order chi connectivity index (χ1) is 32.4. The van der Waals surface area contributed by atoms with Crippen molar-refractivity contribution in [2.24, 2.45) is 84.2 Å². The van der Waals surface area contributed by atoms with Gasteiger partial charge in [0.2, 0.25) is 0 Å². The molecule has 9 heteroatoms. The van der Waals surface area contributed by atoms with Crippen molar-refractivity contribution >= 4 is 12.6 Å². The molecule has 0 aromatic rings. The lowest BCUT2D eigenvalue weighted by Gasteiger charge is -2.63. The molecule has 9 rings (SSSR count). The van der Waals surface area contributed by atoms with E-state index in [1.165, 1.54) is 57.8 Å². The van der Waals surface area contributed by atoms with E-state index in [1.54, 1.807) is 0 Å². The summed E-state index contributed by atoms with van der Waals surface area (Å²) in [7, 11) is 0. The van der Waals surface area contributed by atoms with Crippen LogP contribution < -0.4 is 0 Å². The van der Waals surface area contributed by atoms with E-state index in [-0.39, 0.29) is 54.5 Å². The van der Waals surface area contributed by atoms with E-state index in [0.29, 0.717) is 70.3 Å². The molecule has 0 radical (unpaired) electrons. The van der Waals surface area contributed by atoms with E-state index in [0.717, 1.165) is 75.9 Å². The number of hydrogen-bond acceptors (Lipinski definition) is 9. The minimum Gasteiger partial charge on any atom is -0.396 e. The molecule has 69 heavy (non-hydrogen) atoms. The van der Waals surface area contributed by atoms with E-state index in [1.807, 2.05) is 12.2 Å². The number of aliphatic hydroxyl groups excluding tert-OH is 7. The molecule has 0 aromatic carbocycles. The quantitative estimate of drug-likeness (QED) is 0.101. The third-order valence-electron chi connectivity index (χ3n) is 23.6. The SMILES string of the molecule is CC1(C)CCC[C@@]2(C)C1CC[C@@]1(CO)C(O)CC(CO)=CCC21.CC1(C)CCC[C@@]2(C)C1CC[C@]1(CO)C2CC=C(C=O)C[C@@H]1O.CC1(C)CCC[C@@]2(C)C1CC[C@]1(CO)C2CC=C(C=O)C[C@H]1O. The first kappa shape index (κ1) is 55.0. The molecule has 0 amide bonds. The highest BCUT2D eigenvalue weighted by atomic mass is 16.3. The lowest BCUT2D eigenvalue weighted by Crippen LogP contribution is -2.59. The Morgan fingerprint density at radius 2 is 0.739 bits per heavy atom. The van der Waals surface area contributed by atoms with E-state index >= 15 is 0 Å². The lowest BCUT2D eigenvalue weighted by molar-refractivity contribution is -0.181. The van der Waals surface area contributed by atoms with Gasteiger partial charge in [0, 0.05) is 29.1 Å². The summed E-state index contributed by atoms with van der Waals surface area (Å²) < 4.78 is 0. The van der Waals surface area contributed by atoms with Crippen LogP contribution in [0.5, 0.6) is 0 Å². The number of carbonyl (C=O) groups excluding carboxylic acids is 2. The number of aldehydes is 2. The summed E-state index contributed by atoms with van der Waals surface area (Å²) in [5.41, 5.74) is 2.50. The van der Waals surface area contributed by atoms with Gasteiger partial charge in [-0.2, -0.15) is 0 Å². The number of rotatable bonds is 6. The van der Waals surface area contributed by atoms with Crippen molar-refractivity contribution < 1.29 is 45.3 Å². The molecule has 7 unspecified atom stereocenters. The number of allylic oxidation sites excluding steroid dienone is 3. The zero-order chi connectivity index (χ0) is 50.6. The van der Waals surface area contributed by atoms with Crippen LogP contribution in [0, 0.1) is 84.2 Å². The molecule has 7 N–H and O–H groups in total. The zero-order valence-electron chi connectivity index (χ0n) is 44.7. The van der Waals surface area contributed by atoms with Crippen molar-refractivity contribution in [1.29, 1.82) is 0 Å². The Balaban J connectivity index is 0.000000153. The second-order valence-electron chi connectivity index (χ2n) is 27.8. The molecule has 0 bridgehead atoms. The summed E-state index contributed by atoms with van der Waals surface area (Å²) in [6.07, 6.45) is 27.0. The van der Waals surface area contributed by atoms with Crippen LogP contribution in [0.1, 0.15) is 197 Å². The Hall–Kier alpha value is -1.72. The van der Waals surface area contributed by atoms with Crippen molar-refractivity contribution in [2.75, 3.05) is 26.4 Å². The molecule has 0 saturated heterocycles. The molecule has 6 fully saturated rings. The molecule has 0 spiro atoms. The van der Waals surface area contributed by atoms with Crippen molar-refractivity contribution in [1.82, 2.24) is 0 Å². The van der Waals surface area contributed by atoms with Gasteiger partial charge in [-0.25, -0.2) is 0 Å². The monoisotopic (exact) mass is 963 g/mol. The normalized spacial score (nSPS) is 46.2. The van der Waals surface area contributed by atoms with Gasteiger partial charge in [0.1, 0.15) is 12.6 Å². The van der Waals surface area contributed by atoms with Crippen LogP contribution in [-0.2, 0) is 9.59 Å². The minimum atomic E-state index is -0.612. The van der Waals surface area contributed by atoms with Crippen LogP contribution in [0.15, 0.2) is 34.9 Å². The third-order valence-corrected chi connectivity index (χ3v) is 23.6. The van der Waals surface area contributed by atoms with Crippen LogP contribution >= 0.6 is 0 Å². The first-order valence-corrected chi connectivity index (χ1v) is 27.8. The number of fused-ring (bicyclic) bond motifs is 9. The number of hydrogen-bond donors (Lipinski definition) is 7. The van der Waals surface area contributed by atoms with Crippen molar-refractivity contribution in [3.63, 3.8) is 0 Å². The highest BCUT2D eigenvalue weighted by Gasteiger charge is 2.64. The largest absolute Gasteiger partial charge is 0.396 e. The zero-order valence-corrected chi connectivity index (χ0v) is 44.7. The predicted octanol–water partition coefficient (Wildman–Crippen LogP) is 10.3. The van der Waals surface area contributed by atoms with Gasteiger partial charge >= 0.3 is 0 Å². The van der Waals surface area contributed by atoms with Crippen molar-refractivity contribution in [2.45, 2.75) is 215 Å². The average Bonchev–Trinajstić information content (AvgIpc) is 3.63. The highest BCUT2D eigenvalue weighted by Crippen LogP contribution is 2.69. The number of carbonyl (C=O) groups is 2. The van der Waals surface area contributed by atoms with Crippen molar-refractivity contribution in [3.05, 3.63) is 34.9 Å². The van der Waals surface area contributed by atoms with Gasteiger partial charge in [-0.15, -0.1) is 0 Å². The van der Waals surface area contributed by atoms with Crippen LogP contribution in [0.2, 0.25) is 0 Å². The lowest BCUT2D eigenvalue weighted by atomic mass is 9.42. The minimum absolute atomic E-state index is 0.0247. The van der Waals surface area contributed by atoms with Crippen LogP contribution in [0.3, 0.4) is 0 Å². The summed E-state index contributed by atoms with van der Waals surface area (Å²) >= 11 is 0. The fourth-order valence-corrected chi connectivity index (χ4v) is 19.9. The molecule has 6 saturated carbocycles. The standard InChI is InChI=1S/C20H34O3.2C20H32O3/c3*1-18(2)8-4-9-19(3)15(18)7-10-20(13-22)16(19)6-5-14(12-21)11-17(20)23/h5,15-17,21-23H,4,6-13H2,1-3H3;2*5,12,15-17,22-23H,4,6-11,13H2,1-3H3/t15?,16?,17?,19-,20-;15?,16?,17-,19+,20+;15?,16?,17-,19-,20-/m010/s1. The van der Waals surface area contributed by atoms with Crippen LogP contribution in [0.4, 0.5) is 0 Å². The van der Waals surface area contributed by atoms with Gasteiger partial charge in [0.15, 0.2) is 0 Å². The molecular formula is C60H98O9. The first-order valence-electron chi connectivity index (χ1n) is 27.8. The maximum absolute atomic E-state index is 11.3. The molecule has 9 nitrogen and oxygen atoms in total. The molecule has 0 heterocycles. The molecule has 9 aliphatic carbocycles.